The van der Waals surface area contributed by atoms with Crippen molar-refractivity contribution in [1.82, 2.24) is 0 Å². The molecule has 3 atom stereocenters. The van der Waals surface area contributed by atoms with Crippen LogP contribution in [0, 0.1) is 23.7 Å². The Kier molecular flexibility index (Phi) is 10.6. The zero-order chi connectivity index (χ0) is 40.1. The number of ketones is 2. The lowest BCUT2D eigenvalue weighted by Crippen LogP contribution is -2.42. The number of carbonyl (C=O) groups is 2. The van der Waals surface area contributed by atoms with Crippen LogP contribution >= 0.6 is 22.1 Å². The van der Waals surface area contributed by atoms with Crippen LogP contribution in [0.3, 0.4) is 0 Å². The monoisotopic (exact) mass is 818 g/mol. The summed E-state index contributed by atoms with van der Waals surface area (Å²) >= 11 is 1.31. The molecule has 2 aliphatic rings. The Morgan fingerprint density at radius 3 is 2.05 bits per heavy atom. The van der Waals surface area contributed by atoms with E-state index in [9.17, 15) is 18.0 Å². The number of rotatable bonds is 12. The number of Topliss-reactive ketones (excluding diaryl/α,β-unsaturated/α-hetero) is 1. The first-order valence-corrected chi connectivity index (χ1v) is 22.1. The van der Waals surface area contributed by atoms with Gasteiger partial charge in [-0.2, -0.15) is 21.6 Å². The first kappa shape index (κ1) is 39.9. The van der Waals surface area contributed by atoms with Crippen LogP contribution in [0.2, 0.25) is 0 Å². The molecule has 0 radical (unpaired) electrons. The largest absolute Gasteiger partial charge is 0.497 e. The summed E-state index contributed by atoms with van der Waals surface area (Å²) in [4.78, 5) is 28.6. The van der Waals surface area contributed by atoms with E-state index in [0.717, 1.165) is 11.6 Å². The van der Waals surface area contributed by atoms with E-state index in [0.29, 0.717) is 39.5 Å². The minimum atomic E-state index is -4.88. The van der Waals surface area contributed by atoms with E-state index in [-0.39, 0.29) is 38.6 Å². The molecule has 5 aromatic carbocycles. The fourth-order valence-electron chi connectivity index (χ4n) is 8.39. The van der Waals surface area contributed by atoms with E-state index in [1.807, 2.05) is 45.0 Å². The lowest BCUT2D eigenvalue weighted by Gasteiger charge is -2.42. The molecule has 0 amide bonds. The van der Waals surface area contributed by atoms with Gasteiger partial charge < -0.3 is 4.74 Å². The van der Waals surface area contributed by atoms with Crippen LogP contribution in [-0.2, 0) is 24.7 Å². The Labute approximate surface area is 331 Å². The summed E-state index contributed by atoms with van der Waals surface area (Å²) in [7, 11) is -7.01. The summed E-state index contributed by atoms with van der Waals surface area (Å²) in [5.74, 6) is -0.536. The number of fused-ring (bicyclic) bond motifs is 2. The fourth-order valence-corrected chi connectivity index (χ4v) is 15.6. The minimum Gasteiger partial charge on any atom is -0.497 e. The van der Waals surface area contributed by atoms with Gasteiger partial charge in [-0.1, -0.05) is 80.2 Å². The molecule has 2 saturated carbocycles. The Balaban J connectivity index is 1.39. The molecule has 0 N–H and O–H groups in total. The van der Waals surface area contributed by atoms with Crippen molar-refractivity contribution in [3.63, 3.8) is 0 Å². The summed E-state index contributed by atoms with van der Waals surface area (Å²) in [6.07, 6.45) is -3.58. The van der Waals surface area contributed by atoms with Gasteiger partial charge in [0.15, 0.2) is 5.78 Å². The van der Waals surface area contributed by atoms with Crippen LogP contribution in [0.25, 0.3) is 0 Å². The topological polar surface area (TPSA) is 86.7 Å². The minimum absolute atomic E-state index is 0.0109. The molecule has 3 unspecified atom stereocenters. The highest BCUT2D eigenvalue weighted by molar-refractivity contribution is 8.33. The van der Waals surface area contributed by atoms with Crippen molar-refractivity contribution in [2.24, 2.45) is 16.7 Å². The van der Waals surface area contributed by atoms with Gasteiger partial charge in [0, 0.05) is 42.0 Å². The Hall–Kier alpha value is -4.36. The molecule has 7 rings (SSSR count). The Morgan fingerprint density at radius 2 is 1.46 bits per heavy atom. The lowest BCUT2D eigenvalue weighted by molar-refractivity contribution is -0.139. The van der Waals surface area contributed by atoms with Crippen molar-refractivity contribution >= 4 is 43.8 Å². The second-order valence-corrected chi connectivity index (χ2v) is 20.4. The van der Waals surface area contributed by atoms with Crippen LogP contribution in [0.1, 0.15) is 60.2 Å². The van der Waals surface area contributed by atoms with Gasteiger partial charge in [0.1, 0.15) is 11.5 Å². The maximum atomic E-state index is 15.0. The molecule has 6 nitrogen and oxygen atoms in total. The van der Waals surface area contributed by atoms with Crippen molar-refractivity contribution < 1.29 is 39.5 Å². The van der Waals surface area contributed by atoms with Gasteiger partial charge in [-0.3, -0.25) is 9.59 Å². The molecule has 56 heavy (non-hydrogen) atoms. The quantitative estimate of drug-likeness (QED) is 0.116. The van der Waals surface area contributed by atoms with E-state index in [2.05, 4.69) is 0 Å². The maximum absolute atomic E-state index is 15.0. The van der Waals surface area contributed by atoms with Crippen molar-refractivity contribution in [1.29, 1.82) is 0 Å². The predicted molar refractivity (Wildman–Crippen MR) is 212 cm³/mol. The van der Waals surface area contributed by atoms with E-state index >= 15 is 13.2 Å². The van der Waals surface area contributed by atoms with Gasteiger partial charge in [0.25, 0.3) is 10.1 Å². The van der Waals surface area contributed by atoms with E-state index < -0.39 is 48.7 Å². The third kappa shape index (κ3) is 6.99. The van der Waals surface area contributed by atoms with Crippen LogP contribution < -0.4 is 4.74 Å². The Morgan fingerprint density at radius 1 is 0.839 bits per heavy atom. The highest BCUT2D eigenvalue weighted by atomic mass is 32.3. The SMILES string of the molecule is COc1ccc(S(OS(=O)(=O)CC23CCC(CC2=O)C3(C)C)(c2ccc(Sc3cccc(C)c3C(=O)c3ccccc3)cc2)c2ccccc2C(F)(F)F)cc1. The van der Waals surface area contributed by atoms with Crippen molar-refractivity contribution in [3.8, 4) is 5.75 Å². The van der Waals surface area contributed by atoms with Gasteiger partial charge in [0.05, 0.1) is 23.8 Å². The van der Waals surface area contributed by atoms with Crippen LogP contribution in [-0.4, -0.2) is 32.8 Å². The lowest BCUT2D eigenvalue weighted by atomic mass is 9.70. The summed E-state index contributed by atoms with van der Waals surface area (Å²) < 4.78 is 86.3. The third-order valence-electron chi connectivity index (χ3n) is 11.5. The molecule has 2 fully saturated rings. The molecular weight excluding hydrogens is 778 g/mol. The van der Waals surface area contributed by atoms with Crippen LogP contribution in [0.4, 0.5) is 13.2 Å². The first-order valence-electron chi connectivity index (χ1n) is 18.1. The summed E-state index contributed by atoms with van der Waals surface area (Å²) in [6, 6.07) is 32.1. The molecule has 0 aromatic heterocycles. The van der Waals surface area contributed by atoms with Crippen molar-refractivity contribution in [2.45, 2.75) is 70.7 Å². The van der Waals surface area contributed by atoms with Gasteiger partial charge in [-0.15, -0.1) is 0 Å². The average Bonchev–Trinajstić information content (AvgIpc) is 3.51. The second kappa shape index (κ2) is 14.9. The average molecular weight is 819 g/mol. The van der Waals surface area contributed by atoms with Crippen molar-refractivity contribution in [2.75, 3.05) is 12.9 Å². The van der Waals surface area contributed by atoms with Crippen LogP contribution in [0.5, 0.6) is 5.75 Å². The molecule has 292 valence electrons. The Bertz CT molecular complexity index is 2400. The smallest absolute Gasteiger partial charge is 0.417 e. The number of hydrogen-bond donors (Lipinski definition) is 0. The highest BCUT2D eigenvalue weighted by Gasteiger charge is 2.66. The number of benzene rings is 5. The fraction of sp³-hybridized carbons (Fsp3) is 0.273. The molecule has 2 bridgehead atoms. The number of carbonyl (C=O) groups excluding carboxylic acids is 2. The van der Waals surface area contributed by atoms with Crippen LogP contribution in [0.15, 0.2) is 146 Å². The third-order valence-corrected chi connectivity index (χ3v) is 18.0. The number of hydrogen-bond acceptors (Lipinski definition) is 7. The zero-order valence-corrected chi connectivity index (χ0v) is 33.7. The molecular formula is C44H41F3O6S3. The normalized spacial score (nSPS) is 20.7. The molecule has 0 heterocycles. The number of aryl methyl sites for hydroxylation is 1. The van der Waals surface area contributed by atoms with E-state index in [1.54, 1.807) is 60.7 Å². The first-order chi connectivity index (χ1) is 26.5. The number of methoxy groups -OCH3 is 1. The van der Waals surface area contributed by atoms with Gasteiger partial charge >= 0.3 is 6.18 Å². The number of alkyl halides is 3. The molecule has 12 heteroatoms. The molecule has 5 aromatic rings. The second-order valence-electron chi connectivity index (χ2n) is 14.9. The molecule has 0 saturated heterocycles. The summed E-state index contributed by atoms with van der Waals surface area (Å²) in [5, 5.41) is 0. The van der Waals surface area contributed by atoms with E-state index in [1.165, 1.54) is 49.2 Å². The highest BCUT2D eigenvalue weighted by Crippen LogP contribution is 2.73. The molecule has 0 aliphatic heterocycles. The molecule has 2 aliphatic carbocycles. The van der Waals surface area contributed by atoms with Crippen molar-refractivity contribution in [3.05, 3.63) is 144 Å². The van der Waals surface area contributed by atoms with Gasteiger partial charge in [-0.05, 0) is 114 Å². The number of halogens is 3. The maximum Gasteiger partial charge on any atom is 0.417 e. The van der Waals surface area contributed by atoms with Gasteiger partial charge in [-0.25, -0.2) is 3.63 Å². The summed E-state index contributed by atoms with van der Waals surface area (Å²) in [6.45, 7) is 5.66. The summed E-state index contributed by atoms with van der Waals surface area (Å²) in [5.41, 5.74) is -1.07. The van der Waals surface area contributed by atoms with E-state index in [4.69, 9.17) is 8.37 Å². The predicted octanol–water partition coefficient (Wildman–Crippen LogP) is 11.3. The zero-order valence-electron chi connectivity index (χ0n) is 31.3. The molecule has 0 spiro atoms. The number of ether oxygens (including phenoxy) is 1. The van der Waals surface area contributed by atoms with Gasteiger partial charge in [0.2, 0.25) is 0 Å². The standard InChI is InChI=1S/C44H41F3O6S3/c1-29-11-10-15-37(40(29)41(49)30-12-6-5-7-13-30)54-33-19-23-35(24-20-33)56(34-21-17-32(52-4)18-22-34,38-16-9-8-14-36(38)44(45,46)47)53-55(50,51)28-43-26-25-31(27-39(43)48)42(43,2)3/h5-24,31H,25-28H2,1-4H3.